The highest BCUT2D eigenvalue weighted by Crippen LogP contribution is 2.30. The summed E-state index contributed by atoms with van der Waals surface area (Å²) in [5.41, 5.74) is 1.42. The van der Waals surface area contributed by atoms with Gasteiger partial charge in [0.15, 0.2) is 0 Å². The van der Waals surface area contributed by atoms with Crippen LogP contribution in [0.5, 0.6) is 0 Å². The number of fused-ring (bicyclic) bond motifs is 1. The molecule has 0 aliphatic heterocycles. The summed E-state index contributed by atoms with van der Waals surface area (Å²) >= 11 is 6.26. The van der Waals surface area contributed by atoms with Crippen LogP contribution >= 0.6 is 24.4 Å². The number of benzene rings is 2. The molecule has 0 amide bonds. The molecule has 0 heterocycles. The maximum Gasteiger partial charge on any atom is 0.0269 e. The van der Waals surface area contributed by atoms with Gasteiger partial charge in [0.2, 0.25) is 0 Å². The Hall–Kier alpha value is -0.600. The smallest absolute Gasteiger partial charge is 0.0269 e. The van der Waals surface area contributed by atoms with E-state index in [1.165, 1.54) is 28.5 Å². The first-order valence-electron chi connectivity index (χ1n) is 6.02. The van der Waals surface area contributed by atoms with E-state index in [1.54, 1.807) is 0 Å². The van der Waals surface area contributed by atoms with E-state index in [2.05, 4.69) is 62.0 Å². The predicted octanol–water partition coefficient (Wildman–Crippen LogP) is 4.95. The van der Waals surface area contributed by atoms with Gasteiger partial charge >= 0.3 is 0 Å². The number of rotatable bonds is 5. The average molecular weight is 262 g/mol. The van der Waals surface area contributed by atoms with Crippen LogP contribution in [0.2, 0.25) is 0 Å². The number of thiol groups is 1. The molecule has 0 saturated carbocycles. The Morgan fingerprint density at radius 1 is 1.12 bits per heavy atom. The van der Waals surface area contributed by atoms with Gasteiger partial charge in [-0.15, -0.1) is 0 Å². The van der Waals surface area contributed by atoms with Crippen molar-refractivity contribution in [3.05, 3.63) is 48.0 Å². The maximum atomic E-state index is 4.25. The first-order chi connectivity index (χ1) is 8.31. The topological polar surface area (TPSA) is 0 Å². The molecule has 0 aliphatic rings. The highest BCUT2D eigenvalue weighted by molar-refractivity contribution is 7.99. The van der Waals surface area contributed by atoms with Crippen LogP contribution in [0.3, 0.4) is 0 Å². The molecule has 2 aromatic rings. The molecule has 2 heteroatoms. The van der Waals surface area contributed by atoms with Gasteiger partial charge < -0.3 is 0 Å². The molecule has 0 bridgehead atoms. The van der Waals surface area contributed by atoms with Gasteiger partial charge in [0, 0.05) is 5.25 Å². The number of hydrogen-bond donors (Lipinski definition) is 1. The Labute approximate surface area is 113 Å². The predicted molar refractivity (Wildman–Crippen MR) is 83.3 cm³/mol. The van der Waals surface area contributed by atoms with Crippen molar-refractivity contribution in [1.82, 2.24) is 0 Å². The molecule has 0 saturated heterocycles. The van der Waals surface area contributed by atoms with E-state index in [4.69, 9.17) is 0 Å². The SMILES string of the molecule is CC(SCCCS)c1ccc2ccccc2c1. The lowest BCUT2D eigenvalue weighted by molar-refractivity contribution is 1.07. The van der Waals surface area contributed by atoms with Crippen LogP contribution in [-0.2, 0) is 0 Å². The third-order valence-corrected chi connectivity index (χ3v) is 4.53. The number of thioether (sulfide) groups is 1. The molecule has 0 aliphatic carbocycles. The summed E-state index contributed by atoms with van der Waals surface area (Å²) in [6, 6.07) is 15.3. The van der Waals surface area contributed by atoms with Crippen molar-refractivity contribution >= 4 is 35.2 Å². The second-order valence-corrected chi connectivity index (χ2v) is 6.09. The van der Waals surface area contributed by atoms with E-state index in [-0.39, 0.29) is 0 Å². The Bertz CT molecular complexity index is 479. The molecule has 2 aromatic carbocycles. The van der Waals surface area contributed by atoms with Crippen molar-refractivity contribution in [1.29, 1.82) is 0 Å². The standard InChI is InChI=1S/C15H18S2/c1-12(17-10-4-9-16)14-8-7-13-5-2-3-6-15(13)11-14/h2-3,5-8,11-12,16H,4,9-10H2,1H3. The van der Waals surface area contributed by atoms with Crippen molar-refractivity contribution in [2.45, 2.75) is 18.6 Å². The fourth-order valence-electron chi connectivity index (χ4n) is 1.88. The molecular weight excluding hydrogens is 244 g/mol. The summed E-state index contributed by atoms with van der Waals surface area (Å²) in [7, 11) is 0. The maximum absolute atomic E-state index is 4.25. The second-order valence-electron chi connectivity index (χ2n) is 4.20. The minimum atomic E-state index is 0.569. The normalized spacial score (nSPS) is 12.8. The minimum Gasteiger partial charge on any atom is -0.179 e. The van der Waals surface area contributed by atoms with Crippen LogP contribution < -0.4 is 0 Å². The van der Waals surface area contributed by atoms with Gasteiger partial charge in [0.1, 0.15) is 0 Å². The van der Waals surface area contributed by atoms with Gasteiger partial charge in [-0.2, -0.15) is 24.4 Å². The fraction of sp³-hybridized carbons (Fsp3) is 0.333. The summed E-state index contributed by atoms with van der Waals surface area (Å²) in [5.74, 6) is 2.18. The van der Waals surface area contributed by atoms with Gasteiger partial charge in [0.05, 0.1) is 0 Å². The summed E-state index contributed by atoms with van der Waals surface area (Å²) in [6.07, 6.45) is 1.19. The summed E-state index contributed by atoms with van der Waals surface area (Å²) in [6.45, 7) is 2.29. The van der Waals surface area contributed by atoms with Crippen molar-refractivity contribution in [2.24, 2.45) is 0 Å². The largest absolute Gasteiger partial charge is 0.179 e. The molecule has 1 atom stereocenters. The Kier molecular flexibility index (Phi) is 4.81. The fourth-order valence-corrected chi connectivity index (χ4v) is 3.26. The van der Waals surface area contributed by atoms with Gasteiger partial charge in [-0.05, 0) is 41.2 Å². The van der Waals surface area contributed by atoms with E-state index >= 15 is 0 Å². The summed E-state index contributed by atoms with van der Waals surface area (Å²) in [5, 5.41) is 3.23. The Morgan fingerprint density at radius 2 is 1.88 bits per heavy atom. The highest BCUT2D eigenvalue weighted by atomic mass is 32.2. The molecule has 90 valence electrons. The van der Waals surface area contributed by atoms with Crippen molar-refractivity contribution in [3.63, 3.8) is 0 Å². The first kappa shape index (κ1) is 12.8. The van der Waals surface area contributed by atoms with Crippen molar-refractivity contribution < 1.29 is 0 Å². The van der Waals surface area contributed by atoms with E-state index in [0.717, 1.165) is 5.75 Å². The summed E-state index contributed by atoms with van der Waals surface area (Å²) < 4.78 is 0. The van der Waals surface area contributed by atoms with Crippen molar-refractivity contribution in [2.75, 3.05) is 11.5 Å². The molecule has 0 nitrogen and oxygen atoms in total. The highest BCUT2D eigenvalue weighted by Gasteiger charge is 2.06. The third kappa shape index (κ3) is 3.43. The molecule has 0 fully saturated rings. The van der Waals surface area contributed by atoms with Gasteiger partial charge in [-0.3, -0.25) is 0 Å². The van der Waals surface area contributed by atoms with E-state index < -0.39 is 0 Å². The van der Waals surface area contributed by atoms with Crippen LogP contribution in [0.1, 0.15) is 24.2 Å². The minimum absolute atomic E-state index is 0.569. The van der Waals surface area contributed by atoms with Gasteiger partial charge in [-0.1, -0.05) is 42.5 Å². The molecular formula is C15H18S2. The quantitative estimate of drug-likeness (QED) is 0.587. The van der Waals surface area contributed by atoms with E-state index in [0.29, 0.717) is 5.25 Å². The van der Waals surface area contributed by atoms with E-state index in [9.17, 15) is 0 Å². The lowest BCUT2D eigenvalue weighted by Crippen LogP contribution is -1.91. The lowest BCUT2D eigenvalue weighted by atomic mass is 10.1. The Balaban J connectivity index is 2.12. The average Bonchev–Trinajstić information content (AvgIpc) is 2.38. The molecule has 0 radical (unpaired) electrons. The van der Waals surface area contributed by atoms with Crippen molar-refractivity contribution in [3.8, 4) is 0 Å². The molecule has 0 aromatic heterocycles. The Morgan fingerprint density at radius 3 is 2.65 bits per heavy atom. The second kappa shape index (κ2) is 6.36. The van der Waals surface area contributed by atoms with Crippen LogP contribution in [0, 0.1) is 0 Å². The molecule has 17 heavy (non-hydrogen) atoms. The summed E-state index contributed by atoms with van der Waals surface area (Å²) in [4.78, 5) is 0. The lowest BCUT2D eigenvalue weighted by Gasteiger charge is -2.12. The molecule has 0 N–H and O–H groups in total. The van der Waals surface area contributed by atoms with E-state index in [1.807, 2.05) is 11.8 Å². The van der Waals surface area contributed by atoms with Crippen LogP contribution in [0.4, 0.5) is 0 Å². The zero-order chi connectivity index (χ0) is 12.1. The molecule has 0 spiro atoms. The third-order valence-electron chi connectivity index (χ3n) is 2.91. The molecule has 1 unspecified atom stereocenters. The van der Waals surface area contributed by atoms with Crippen LogP contribution in [-0.4, -0.2) is 11.5 Å². The van der Waals surface area contributed by atoms with Gasteiger partial charge in [-0.25, -0.2) is 0 Å². The zero-order valence-corrected chi connectivity index (χ0v) is 11.8. The van der Waals surface area contributed by atoms with Crippen LogP contribution in [0.25, 0.3) is 10.8 Å². The zero-order valence-electron chi connectivity index (χ0n) is 10.1. The first-order valence-corrected chi connectivity index (χ1v) is 7.70. The van der Waals surface area contributed by atoms with Crippen LogP contribution in [0.15, 0.2) is 42.5 Å². The monoisotopic (exact) mass is 262 g/mol. The van der Waals surface area contributed by atoms with Gasteiger partial charge in [0.25, 0.3) is 0 Å². The molecule has 2 rings (SSSR count). The number of hydrogen-bond acceptors (Lipinski definition) is 2.